The number of fused-ring (bicyclic) bond motifs is 1. The Bertz CT molecular complexity index is 832. The van der Waals surface area contributed by atoms with Gasteiger partial charge in [0.05, 0.1) is 0 Å². The number of likely N-dealkylation sites (tertiary alicyclic amines) is 1. The summed E-state index contributed by atoms with van der Waals surface area (Å²) in [4.78, 5) is 42.2. The minimum atomic E-state index is -0.650. The number of nitrogens with zero attached hydrogens (tertiary/aromatic N) is 2. The minimum absolute atomic E-state index is 0.0517. The molecular weight excluding hydrogens is 412 g/mol. The van der Waals surface area contributed by atoms with E-state index >= 15 is 0 Å². The Morgan fingerprint density at radius 2 is 1.72 bits per heavy atom. The first-order chi connectivity index (χ1) is 15.3. The number of urea groups is 1. The van der Waals surface area contributed by atoms with Crippen LogP contribution in [0.2, 0.25) is 0 Å². The van der Waals surface area contributed by atoms with Crippen LogP contribution in [0.1, 0.15) is 50.9 Å². The Balaban J connectivity index is 1.72. The summed E-state index contributed by atoms with van der Waals surface area (Å²) in [6.07, 6.45) is 1.29. The summed E-state index contributed by atoms with van der Waals surface area (Å²) >= 11 is 0. The molecule has 2 N–H and O–H groups in total. The molecule has 4 amide bonds. The van der Waals surface area contributed by atoms with Crippen molar-refractivity contribution in [3.8, 4) is 11.5 Å². The third-order valence-electron chi connectivity index (χ3n) is 5.97. The van der Waals surface area contributed by atoms with E-state index < -0.39 is 6.04 Å². The number of nitrogens with one attached hydrogen (secondary N) is 2. The van der Waals surface area contributed by atoms with Crippen LogP contribution >= 0.6 is 0 Å². The zero-order chi connectivity index (χ0) is 23.3. The second kappa shape index (κ2) is 10.6. The highest BCUT2D eigenvalue weighted by molar-refractivity contribution is 5.98. The Kier molecular flexibility index (Phi) is 7.82. The highest BCUT2D eigenvalue weighted by Gasteiger charge is 2.36. The van der Waals surface area contributed by atoms with Crippen LogP contribution < -0.4 is 20.1 Å². The summed E-state index contributed by atoms with van der Waals surface area (Å²) in [6, 6.07) is 4.33. The number of rotatable bonds is 7. The van der Waals surface area contributed by atoms with Crippen molar-refractivity contribution < 1.29 is 23.9 Å². The van der Waals surface area contributed by atoms with Crippen molar-refractivity contribution in [3.63, 3.8) is 0 Å². The van der Waals surface area contributed by atoms with Gasteiger partial charge in [-0.25, -0.2) is 4.79 Å². The van der Waals surface area contributed by atoms with Gasteiger partial charge in [-0.1, -0.05) is 0 Å². The number of likely N-dealkylation sites (N-methyl/N-ethyl adjacent to an activating group) is 1. The number of carbonyl (C=O) groups excluding carboxylic acids is 3. The molecule has 2 heterocycles. The van der Waals surface area contributed by atoms with Gasteiger partial charge < -0.3 is 29.9 Å². The highest BCUT2D eigenvalue weighted by Crippen LogP contribution is 2.32. The Morgan fingerprint density at radius 3 is 2.34 bits per heavy atom. The molecular formula is C23H34N4O5. The largest absolute Gasteiger partial charge is 0.454 e. The third-order valence-corrected chi connectivity index (χ3v) is 5.97. The van der Waals surface area contributed by atoms with E-state index in [9.17, 15) is 14.4 Å². The first-order valence-corrected chi connectivity index (χ1v) is 11.4. The average molecular weight is 447 g/mol. The predicted molar refractivity (Wildman–Crippen MR) is 120 cm³/mol. The Morgan fingerprint density at radius 1 is 1.06 bits per heavy atom. The summed E-state index contributed by atoms with van der Waals surface area (Å²) in [5.41, 5.74) is 0.417. The first-order valence-electron chi connectivity index (χ1n) is 11.4. The van der Waals surface area contributed by atoms with Crippen LogP contribution in [0.4, 0.5) is 4.79 Å². The quantitative estimate of drug-likeness (QED) is 0.669. The molecule has 0 spiro atoms. The van der Waals surface area contributed by atoms with Crippen molar-refractivity contribution in [1.82, 2.24) is 20.4 Å². The van der Waals surface area contributed by atoms with Crippen molar-refractivity contribution >= 4 is 17.8 Å². The Labute approximate surface area is 189 Å². The van der Waals surface area contributed by atoms with E-state index in [2.05, 4.69) is 10.6 Å². The maximum atomic E-state index is 13.3. The Hall–Kier alpha value is -2.97. The smallest absolute Gasteiger partial charge is 0.317 e. The summed E-state index contributed by atoms with van der Waals surface area (Å²) in [6.45, 7) is 10.1. The van der Waals surface area contributed by atoms with Gasteiger partial charge >= 0.3 is 6.03 Å². The number of carbonyl (C=O) groups is 3. The van der Waals surface area contributed by atoms with E-state index in [1.54, 1.807) is 28.0 Å². The normalized spacial score (nSPS) is 16.6. The van der Waals surface area contributed by atoms with Crippen molar-refractivity contribution in [2.75, 3.05) is 33.0 Å². The van der Waals surface area contributed by atoms with Gasteiger partial charge in [-0.3, -0.25) is 9.59 Å². The maximum absolute atomic E-state index is 13.3. The number of piperidine rings is 1. The average Bonchev–Trinajstić information content (AvgIpc) is 3.25. The maximum Gasteiger partial charge on any atom is 0.317 e. The van der Waals surface area contributed by atoms with Gasteiger partial charge in [-0.05, 0) is 64.7 Å². The van der Waals surface area contributed by atoms with Gasteiger partial charge in [-0.2, -0.15) is 0 Å². The van der Waals surface area contributed by atoms with E-state index in [1.165, 1.54) is 0 Å². The lowest BCUT2D eigenvalue weighted by Gasteiger charge is -2.37. The number of benzene rings is 1. The van der Waals surface area contributed by atoms with Crippen LogP contribution in [-0.2, 0) is 4.79 Å². The zero-order valence-corrected chi connectivity index (χ0v) is 19.3. The SMILES string of the molecule is CCN(CC)C(=O)C(NC(=O)c1ccc2c(c1)OCO2)C1CCN(C(=O)NC(C)C)CC1. The molecule has 0 aliphatic carbocycles. The van der Waals surface area contributed by atoms with Gasteiger partial charge in [-0.15, -0.1) is 0 Å². The summed E-state index contributed by atoms with van der Waals surface area (Å²) in [7, 11) is 0. The van der Waals surface area contributed by atoms with E-state index in [1.807, 2.05) is 27.7 Å². The molecule has 9 heteroatoms. The molecule has 0 aromatic heterocycles. The van der Waals surface area contributed by atoms with Crippen LogP contribution in [-0.4, -0.2) is 72.7 Å². The van der Waals surface area contributed by atoms with Gasteiger partial charge in [0.2, 0.25) is 12.7 Å². The second-order valence-corrected chi connectivity index (χ2v) is 8.46. The van der Waals surface area contributed by atoms with Crippen molar-refractivity contribution in [1.29, 1.82) is 0 Å². The molecule has 32 heavy (non-hydrogen) atoms. The lowest BCUT2D eigenvalue weighted by Crippen LogP contribution is -2.55. The molecule has 2 aliphatic rings. The van der Waals surface area contributed by atoms with Crippen molar-refractivity contribution in [2.45, 2.75) is 52.6 Å². The molecule has 1 aromatic carbocycles. The van der Waals surface area contributed by atoms with E-state index in [-0.39, 0.29) is 36.6 Å². The predicted octanol–water partition coefficient (Wildman–Crippen LogP) is 2.21. The molecule has 1 aromatic rings. The van der Waals surface area contributed by atoms with Crippen LogP contribution in [0.3, 0.4) is 0 Å². The number of hydrogen-bond donors (Lipinski definition) is 2. The molecule has 3 rings (SSSR count). The van der Waals surface area contributed by atoms with Crippen molar-refractivity contribution in [2.24, 2.45) is 5.92 Å². The number of hydrogen-bond acceptors (Lipinski definition) is 5. The molecule has 9 nitrogen and oxygen atoms in total. The lowest BCUT2D eigenvalue weighted by molar-refractivity contribution is -0.134. The third kappa shape index (κ3) is 5.44. The molecule has 1 unspecified atom stereocenters. The fraction of sp³-hybridized carbons (Fsp3) is 0.609. The first kappa shape index (κ1) is 23.7. The van der Waals surface area contributed by atoms with E-state index in [4.69, 9.17) is 9.47 Å². The number of amides is 4. The minimum Gasteiger partial charge on any atom is -0.454 e. The standard InChI is InChI=1S/C23H34N4O5/c1-5-26(6-2)22(29)20(16-9-11-27(12-10-16)23(30)24-15(3)4)25-21(28)17-7-8-18-19(13-17)32-14-31-18/h7-8,13,15-16,20H,5-6,9-12,14H2,1-4H3,(H,24,30)(H,25,28). The molecule has 1 atom stereocenters. The molecule has 2 aliphatic heterocycles. The van der Waals surface area contributed by atoms with Crippen molar-refractivity contribution in [3.05, 3.63) is 23.8 Å². The molecule has 176 valence electrons. The van der Waals surface area contributed by atoms with Crippen LogP contribution in [0.15, 0.2) is 18.2 Å². The molecule has 0 radical (unpaired) electrons. The van der Waals surface area contributed by atoms with Crippen LogP contribution in [0.5, 0.6) is 11.5 Å². The van der Waals surface area contributed by atoms with Gasteiger partial charge in [0.1, 0.15) is 6.04 Å². The van der Waals surface area contributed by atoms with E-state index in [0.717, 1.165) is 0 Å². The van der Waals surface area contributed by atoms with E-state index in [0.29, 0.717) is 56.1 Å². The van der Waals surface area contributed by atoms with Crippen LogP contribution in [0, 0.1) is 5.92 Å². The summed E-state index contributed by atoms with van der Waals surface area (Å²) < 4.78 is 10.7. The fourth-order valence-electron chi connectivity index (χ4n) is 4.15. The molecule has 1 fully saturated rings. The van der Waals surface area contributed by atoms with Gasteiger partial charge in [0, 0.05) is 37.8 Å². The molecule has 0 saturated carbocycles. The summed E-state index contributed by atoms with van der Waals surface area (Å²) in [5.74, 6) is 0.658. The molecule has 0 bridgehead atoms. The van der Waals surface area contributed by atoms with Crippen LogP contribution in [0.25, 0.3) is 0 Å². The summed E-state index contributed by atoms with van der Waals surface area (Å²) in [5, 5.41) is 5.88. The monoisotopic (exact) mass is 446 g/mol. The molecule has 1 saturated heterocycles. The fourth-order valence-corrected chi connectivity index (χ4v) is 4.15. The van der Waals surface area contributed by atoms with Gasteiger partial charge in [0.25, 0.3) is 5.91 Å². The second-order valence-electron chi connectivity index (χ2n) is 8.46. The zero-order valence-electron chi connectivity index (χ0n) is 19.3. The highest BCUT2D eigenvalue weighted by atomic mass is 16.7. The topological polar surface area (TPSA) is 100 Å². The lowest BCUT2D eigenvalue weighted by atomic mass is 9.88. The van der Waals surface area contributed by atoms with Gasteiger partial charge in [0.15, 0.2) is 11.5 Å². The number of ether oxygens (including phenoxy) is 2.